The summed E-state index contributed by atoms with van der Waals surface area (Å²) in [5.74, 6) is 0.455. The van der Waals surface area contributed by atoms with Crippen molar-refractivity contribution in [3.05, 3.63) is 39.3 Å². The van der Waals surface area contributed by atoms with Crippen LogP contribution in [-0.2, 0) is 11.3 Å². The summed E-state index contributed by atoms with van der Waals surface area (Å²) in [6.07, 6.45) is 0. The van der Waals surface area contributed by atoms with Gasteiger partial charge in [0.15, 0.2) is 0 Å². The first kappa shape index (κ1) is 16.1. The Kier molecular flexibility index (Phi) is 5.59. The topological polar surface area (TPSA) is 77.9 Å². The van der Waals surface area contributed by atoms with Crippen molar-refractivity contribution in [3.8, 4) is 0 Å². The highest BCUT2D eigenvalue weighted by atomic mass is 16.1. The predicted octanol–water partition coefficient (Wildman–Crippen LogP) is 4.51. The Labute approximate surface area is 120 Å². The van der Waals surface area contributed by atoms with Crippen molar-refractivity contribution in [2.45, 2.75) is 53.0 Å². The number of amides is 1. The molecule has 0 saturated carbocycles. The number of nitrogens with one attached hydrogen (secondary N) is 1. The molecule has 1 aromatic rings. The van der Waals surface area contributed by atoms with Crippen LogP contribution in [0, 0.1) is 0 Å². The molecular weight excluding hydrogens is 252 g/mol. The molecule has 0 unspecified atom stereocenters. The minimum absolute atomic E-state index is 0.0543. The van der Waals surface area contributed by atoms with Gasteiger partial charge in [0.05, 0.1) is 0 Å². The summed E-state index contributed by atoms with van der Waals surface area (Å²) in [5, 5.41) is 6.68. The average molecular weight is 274 g/mol. The number of carbonyl (C=O) groups is 1. The highest BCUT2D eigenvalue weighted by Crippen LogP contribution is 2.36. The largest absolute Gasteiger partial charge is 0.352 e. The van der Waals surface area contributed by atoms with Gasteiger partial charge in [-0.05, 0) is 34.1 Å². The molecule has 108 valence electrons. The van der Waals surface area contributed by atoms with Crippen molar-refractivity contribution in [2.75, 3.05) is 0 Å². The first-order valence-corrected chi connectivity index (χ1v) is 6.83. The fraction of sp³-hybridized carbons (Fsp3) is 0.533. The van der Waals surface area contributed by atoms with Crippen LogP contribution in [0.3, 0.4) is 0 Å². The van der Waals surface area contributed by atoms with E-state index in [0.29, 0.717) is 6.54 Å². The molecule has 0 heterocycles. The lowest BCUT2D eigenvalue weighted by Gasteiger charge is -2.18. The van der Waals surface area contributed by atoms with E-state index in [4.69, 9.17) is 5.53 Å². The van der Waals surface area contributed by atoms with Crippen LogP contribution in [0.15, 0.2) is 17.2 Å². The van der Waals surface area contributed by atoms with Gasteiger partial charge in [0.25, 0.3) is 0 Å². The lowest BCUT2D eigenvalue weighted by Crippen LogP contribution is -2.19. The first-order valence-electron chi connectivity index (χ1n) is 6.83. The first-order chi connectivity index (χ1) is 9.36. The minimum atomic E-state index is -0.0543. The van der Waals surface area contributed by atoms with E-state index >= 15 is 0 Å². The molecule has 0 spiro atoms. The summed E-state index contributed by atoms with van der Waals surface area (Å²) in [7, 11) is 0. The second-order valence-electron chi connectivity index (χ2n) is 5.53. The molecule has 0 aliphatic heterocycles. The number of rotatable bonds is 5. The fourth-order valence-electron chi connectivity index (χ4n) is 2.11. The maximum absolute atomic E-state index is 11.0. The van der Waals surface area contributed by atoms with E-state index in [-0.39, 0.29) is 17.7 Å². The van der Waals surface area contributed by atoms with Crippen LogP contribution < -0.4 is 5.32 Å². The Balaban J connectivity index is 3.37. The molecule has 1 aromatic carbocycles. The highest BCUT2D eigenvalue weighted by Gasteiger charge is 2.14. The van der Waals surface area contributed by atoms with Gasteiger partial charge in [-0.1, -0.05) is 44.9 Å². The summed E-state index contributed by atoms with van der Waals surface area (Å²) in [6, 6.07) is 4.02. The third-order valence-corrected chi connectivity index (χ3v) is 3.16. The molecule has 1 N–H and O–H groups in total. The summed E-state index contributed by atoms with van der Waals surface area (Å²) in [5.41, 5.74) is 12.6. The maximum atomic E-state index is 11.0. The second-order valence-corrected chi connectivity index (χ2v) is 5.53. The molecule has 0 atom stereocenters. The average Bonchev–Trinajstić information content (AvgIpc) is 2.36. The number of benzene rings is 1. The van der Waals surface area contributed by atoms with Gasteiger partial charge in [-0.15, -0.1) is 0 Å². The normalized spacial score (nSPS) is 10.6. The Hall–Kier alpha value is -2.00. The van der Waals surface area contributed by atoms with Crippen LogP contribution in [-0.4, -0.2) is 5.91 Å². The number of carbonyl (C=O) groups excluding carboxylic acids is 1. The molecule has 20 heavy (non-hydrogen) atoms. The molecule has 0 aromatic heterocycles. The van der Waals surface area contributed by atoms with E-state index in [1.165, 1.54) is 6.92 Å². The quantitative estimate of drug-likeness (QED) is 0.478. The van der Waals surface area contributed by atoms with E-state index < -0.39 is 0 Å². The minimum Gasteiger partial charge on any atom is -0.352 e. The van der Waals surface area contributed by atoms with Crippen molar-refractivity contribution in [1.82, 2.24) is 5.32 Å². The molecule has 0 aliphatic rings. The van der Waals surface area contributed by atoms with Gasteiger partial charge in [0.1, 0.15) is 0 Å². The zero-order chi connectivity index (χ0) is 15.3. The molecule has 0 fully saturated rings. The maximum Gasteiger partial charge on any atom is 0.217 e. The molecular formula is C15H22N4O. The summed E-state index contributed by atoms with van der Waals surface area (Å²) in [6.45, 7) is 10.3. The third-order valence-electron chi connectivity index (χ3n) is 3.16. The van der Waals surface area contributed by atoms with Crippen LogP contribution in [0.25, 0.3) is 10.4 Å². The van der Waals surface area contributed by atoms with Gasteiger partial charge in [0.2, 0.25) is 5.91 Å². The van der Waals surface area contributed by atoms with Gasteiger partial charge in [0, 0.05) is 24.1 Å². The lowest BCUT2D eigenvalue weighted by molar-refractivity contribution is -0.119. The van der Waals surface area contributed by atoms with Crippen molar-refractivity contribution in [3.63, 3.8) is 0 Å². The molecule has 0 saturated heterocycles. The van der Waals surface area contributed by atoms with Gasteiger partial charge in [-0.2, -0.15) is 0 Å². The van der Waals surface area contributed by atoms with Crippen molar-refractivity contribution >= 4 is 11.6 Å². The van der Waals surface area contributed by atoms with E-state index in [1.54, 1.807) is 0 Å². The van der Waals surface area contributed by atoms with Gasteiger partial charge in [-0.3, -0.25) is 4.79 Å². The lowest BCUT2D eigenvalue weighted by atomic mass is 9.90. The van der Waals surface area contributed by atoms with Crippen molar-refractivity contribution in [1.29, 1.82) is 0 Å². The summed E-state index contributed by atoms with van der Waals surface area (Å²) < 4.78 is 0. The fourth-order valence-corrected chi connectivity index (χ4v) is 2.11. The zero-order valence-corrected chi connectivity index (χ0v) is 12.8. The third kappa shape index (κ3) is 4.00. The van der Waals surface area contributed by atoms with Crippen LogP contribution in [0.4, 0.5) is 5.69 Å². The highest BCUT2D eigenvalue weighted by molar-refractivity contribution is 5.72. The van der Waals surface area contributed by atoms with E-state index in [0.717, 1.165) is 22.4 Å². The van der Waals surface area contributed by atoms with Gasteiger partial charge >= 0.3 is 0 Å². The molecule has 0 bridgehead atoms. The summed E-state index contributed by atoms with van der Waals surface area (Å²) >= 11 is 0. The molecule has 1 rings (SSSR count). The van der Waals surface area contributed by atoms with Crippen LogP contribution in [0.5, 0.6) is 0 Å². The SMILES string of the molecule is CC(=O)NCc1cc(C(C)C)c(N=[N+]=[N-])c(C(C)C)c1. The molecule has 0 aliphatic carbocycles. The molecule has 5 nitrogen and oxygen atoms in total. The van der Waals surface area contributed by atoms with Gasteiger partial charge < -0.3 is 5.32 Å². The predicted molar refractivity (Wildman–Crippen MR) is 80.9 cm³/mol. The van der Waals surface area contributed by atoms with Crippen LogP contribution in [0.1, 0.15) is 63.1 Å². The zero-order valence-electron chi connectivity index (χ0n) is 12.8. The summed E-state index contributed by atoms with van der Waals surface area (Å²) in [4.78, 5) is 14.0. The number of hydrogen-bond acceptors (Lipinski definition) is 2. The van der Waals surface area contributed by atoms with E-state index in [9.17, 15) is 4.79 Å². The van der Waals surface area contributed by atoms with E-state index in [1.807, 2.05) is 12.1 Å². The molecule has 0 radical (unpaired) electrons. The van der Waals surface area contributed by atoms with Crippen LogP contribution in [0.2, 0.25) is 0 Å². The Bertz CT molecular complexity index is 514. The number of nitrogens with zero attached hydrogens (tertiary/aromatic N) is 3. The Morgan fingerprint density at radius 2 is 1.75 bits per heavy atom. The number of azide groups is 1. The second kappa shape index (κ2) is 6.96. The van der Waals surface area contributed by atoms with E-state index in [2.05, 4.69) is 43.0 Å². The van der Waals surface area contributed by atoms with Crippen LogP contribution >= 0.6 is 0 Å². The Morgan fingerprint density at radius 1 is 1.25 bits per heavy atom. The number of hydrogen-bond donors (Lipinski definition) is 1. The van der Waals surface area contributed by atoms with Crippen molar-refractivity contribution < 1.29 is 4.79 Å². The Morgan fingerprint density at radius 3 is 2.10 bits per heavy atom. The standard InChI is InChI=1S/C15H22N4O/c1-9(2)13-6-12(8-17-11(5)20)7-14(10(3)4)15(13)18-19-16/h6-7,9-10H,8H2,1-5H3,(H,17,20). The molecule has 1 amide bonds. The smallest absolute Gasteiger partial charge is 0.217 e. The molecule has 5 heteroatoms. The monoisotopic (exact) mass is 274 g/mol. The van der Waals surface area contributed by atoms with Gasteiger partial charge in [-0.25, -0.2) is 0 Å². The van der Waals surface area contributed by atoms with Crippen molar-refractivity contribution in [2.24, 2.45) is 5.11 Å².